The van der Waals surface area contributed by atoms with Crippen LogP contribution in [0.4, 0.5) is 0 Å². The standard InChI is InChI=1S/C15H19BrN4/c1-19-9-11(7-17)6-15(19)12-2-4-14(5-3-12)20-10-13(16)8-18-20/h2-5,8,10-11,15H,6-7,9,17H2,1H3. The fraction of sp³-hybridized carbons (Fsp3) is 0.400. The number of rotatable bonds is 3. The number of benzene rings is 1. The first-order valence-corrected chi connectivity index (χ1v) is 7.67. The number of hydrogen-bond acceptors (Lipinski definition) is 3. The summed E-state index contributed by atoms with van der Waals surface area (Å²) in [6, 6.07) is 9.13. The molecule has 20 heavy (non-hydrogen) atoms. The lowest BCUT2D eigenvalue weighted by molar-refractivity contribution is 0.313. The van der Waals surface area contributed by atoms with Crippen LogP contribution in [0.15, 0.2) is 41.1 Å². The minimum Gasteiger partial charge on any atom is -0.330 e. The number of likely N-dealkylation sites (tertiary alicyclic amines) is 1. The molecule has 0 radical (unpaired) electrons. The van der Waals surface area contributed by atoms with Crippen LogP contribution in [-0.2, 0) is 0 Å². The van der Waals surface area contributed by atoms with Gasteiger partial charge in [-0.1, -0.05) is 12.1 Å². The highest BCUT2D eigenvalue weighted by Crippen LogP contribution is 2.33. The molecule has 2 N–H and O–H groups in total. The Morgan fingerprint density at radius 2 is 2.10 bits per heavy atom. The van der Waals surface area contributed by atoms with Crippen LogP contribution < -0.4 is 5.73 Å². The molecule has 3 rings (SSSR count). The van der Waals surface area contributed by atoms with Crippen molar-refractivity contribution in [3.63, 3.8) is 0 Å². The molecule has 2 atom stereocenters. The van der Waals surface area contributed by atoms with Gasteiger partial charge in [0.2, 0.25) is 0 Å². The maximum absolute atomic E-state index is 5.80. The molecule has 1 aliphatic heterocycles. The van der Waals surface area contributed by atoms with Crippen molar-refractivity contribution >= 4 is 15.9 Å². The van der Waals surface area contributed by atoms with Crippen LogP contribution in [0, 0.1) is 5.92 Å². The summed E-state index contributed by atoms with van der Waals surface area (Å²) < 4.78 is 2.86. The number of halogens is 1. The third-order valence-electron chi connectivity index (χ3n) is 4.06. The van der Waals surface area contributed by atoms with Crippen molar-refractivity contribution in [1.29, 1.82) is 0 Å². The third kappa shape index (κ3) is 2.66. The second-order valence-electron chi connectivity index (χ2n) is 5.49. The lowest BCUT2D eigenvalue weighted by Gasteiger charge is -2.19. The molecule has 0 spiro atoms. The minimum atomic E-state index is 0.488. The lowest BCUT2D eigenvalue weighted by Crippen LogP contribution is -2.20. The molecular formula is C15H19BrN4. The Morgan fingerprint density at radius 3 is 2.65 bits per heavy atom. The molecule has 106 valence electrons. The average molecular weight is 335 g/mol. The van der Waals surface area contributed by atoms with Gasteiger partial charge in [0, 0.05) is 18.8 Å². The Morgan fingerprint density at radius 1 is 1.35 bits per heavy atom. The van der Waals surface area contributed by atoms with E-state index in [0.717, 1.165) is 29.7 Å². The molecule has 0 amide bonds. The zero-order chi connectivity index (χ0) is 14.1. The van der Waals surface area contributed by atoms with Crippen molar-refractivity contribution in [3.05, 3.63) is 46.7 Å². The van der Waals surface area contributed by atoms with Gasteiger partial charge < -0.3 is 5.73 Å². The van der Waals surface area contributed by atoms with Crippen LogP contribution in [0.2, 0.25) is 0 Å². The summed E-state index contributed by atoms with van der Waals surface area (Å²) in [5.74, 6) is 0.617. The van der Waals surface area contributed by atoms with Crippen LogP contribution in [0.1, 0.15) is 18.0 Å². The van der Waals surface area contributed by atoms with Gasteiger partial charge >= 0.3 is 0 Å². The molecule has 1 saturated heterocycles. The Balaban J connectivity index is 1.79. The maximum Gasteiger partial charge on any atom is 0.0646 e. The van der Waals surface area contributed by atoms with Gasteiger partial charge in [0.05, 0.1) is 16.4 Å². The van der Waals surface area contributed by atoms with Crippen LogP contribution in [0.3, 0.4) is 0 Å². The summed E-state index contributed by atoms with van der Waals surface area (Å²) in [5.41, 5.74) is 8.23. The van der Waals surface area contributed by atoms with Crippen molar-refractivity contribution < 1.29 is 0 Å². The third-order valence-corrected chi connectivity index (χ3v) is 4.47. The van der Waals surface area contributed by atoms with Gasteiger partial charge in [-0.2, -0.15) is 5.10 Å². The Bertz CT molecular complexity index is 578. The van der Waals surface area contributed by atoms with Gasteiger partial charge in [-0.05, 0) is 59.6 Å². The van der Waals surface area contributed by atoms with Crippen molar-refractivity contribution in [2.24, 2.45) is 11.7 Å². The maximum atomic E-state index is 5.80. The van der Waals surface area contributed by atoms with Crippen LogP contribution in [-0.4, -0.2) is 34.8 Å². The monoisotopic (exact) mass is 334 g/mol. The molecule has 2 unspecified atom stereocenters. The lowest BCUT2D eigenvalue weighted by atomic mass is 10.00. The molecule has 0 bridgehead atoms. The highest BCUT2D eigenvalue weighted by Gasteiger charge is 2.29. The second-order valence-corrected chi connectivity index (χ2v) is 6.40. The molecule has 2 heterocycles. The first-order valence-electron chi connectivity index (χ1n) is 6.88. The smallest absolute Gasteiger partial charge is 0.0646 e. The van der Waals surface area contributed by atoms with Gasteiger partial charge in [0.25, 0.3) is 0 Å². The summed E-state index contributed by atoms with van der Waals surface area (Å²) in [5, 5.41) is 4.30. The van der Waals surface area contributed by atoms with Crippen LogP contribution in [0.25, 0.3) is 5.69 Å². The van der Waals surface area contributed by atoms with Crippen molar-refractivity contribution in [2.75, 3.05) is 20.1 Å². The number of nitrogens with zero attached hydrogens (tertiary/aromatic N) is 3. The van der Waals surface area contributed by atoms with Gasteiger partial charge in [-0.15, -0.1) is 0 Å². The SMILES string of the molecule is CN1CC(CN)CC1c1ccc(-n2cc(Br)cn2)cc1. The normalized spacial score (nSPS) is 23.4. The van der Waals surface area contributed by atoms with E-state index >= 15 is 0 Å². The van der Waals surface area contributed by atoms with Crippen molar-refractivity contribution in [2.45, 2.75) is 12.5 Å². The average Bonchev–Trinajstić information content (AvgIpc) is 3.05. The highest BCUT2D eigenvalue weighted by atomic mass is 79.9. The van der Waals surface area contributed by atoms with E-state index < -0.39 is 0 Å². The zero-order valence-corrected chi connectivity index (χ0v) is 13.1. The van der Waals surface area contributed by atoms with Gasteiger partial charge in [-0.3, -0.25) is 4.90 Å². The van der Waals surface area contributed by atoms with E-state index in [9.17, 15) is 0 Å². The van der Waals surface area contributed by atoms with E-state index in [2.05, 4.69) is 57.2 Å². The summed E-state index contributed by atoms with van der Waals surface area (Å²) in [6.07, 6.45) is 4.91. The second kappa shape index (κ2) is 5.68. The van der Waals surface area contributed by atoms with Crippen molar-refractivity contribution in [1.82, 2.24) is 14.7 Å². The summed E-state index contributed by atoms with van der Waals surface area (Å²) >= 11 is 3.42. The first kappa shape index (κ1) is 13.8. The molecular weight excluding hydrogens is 316 g/mol. The van der Waals surface area contributed by atoms with Gasteiger partial charge in [-0.25, -0.2) is 4.68 Å². The summed E-state index contributed by atoms with van der Waals surface area (Å²) in [4.78, 5) is 2.40. The predicted molar refractivity (Wildman–Crippen MR) is 83.8 cm³/mol. The summed E-state index contributed by atoms with van der Waals surface area (Å²) in [6.45, 7) is 1.87. The van der Waals surface area contributed by atoms with Gasteiger partial charge in [0.1, 0.15) is 0 Å². The topological polar surface area (TPSA) is 47.1 Å². The van der Waals surface area contributed by atoms with E-state index in [1.807, 2.05) is 10.9 Å². The molecule has 4 nitrogen and oxygen atoms in total. The molecule has 0 aliphatic carbocycles. The van der Waals surface area contributed by atoms with Gasteiger partial charge in [0.15, 0.2) is 0 Å². The number of hydrogen-bond donors (Lipinski definition) is 1. The van der Waals surface area contributed by atoms with E-state index in [4.69, 9.17) is 5.73 Å². The minimum absolute atomic E-state index is 0.488. The molecule has 0 saturated carbocycles. The van der Waals surface area contributed by atoms with Crippen LogP contribution >= 0.6 is 15.9 Å². The number of nitrogens with two attached hydrogens (primary N) is 1. The molecule has 1 aliphatic rings. The Hall–Kier alpha value is -1.17. The highest BCUT2D eigenvalue weighted by molar-refractivity contribution is 9.10. The van der Waals surface area contributed by atoms with Crippen LogP contribution in [0.5, 0.6) is 0 Å². The largest absolute Gasteiger partial charge is 0.330 e. The predicted octanol–water partition coefficient (Wildman–Crippen LogP) is 2.59. The molecule has 1 aromatic carbocycles. The molecule has 2 aromatic rings. The molecule has 1 aromatic heterocycles. The van der Waals surface area contributed by atoms with E-state index in [1.54, 1.807) is 6.20 Å². The molecule has 5 heteroatoms. The fourth-order valence-corrected chi connectivity index (χ4v) is 3.24. The fourth-order valence-electron chi connectivity index (χ4n) is 2.96. The van der Waals surface area contributed by atoms with E-state index in [1.165, 1.54) is 5.56 Å². The summed E-state index contributed by atoms with van der Waals surface area (Å²) in [7, 11) is 2.18. The number of aromatic nitrogens is 2. The Labute approximate surface area is 127 Å². The van der Waals surface area contributed by atoms with E-state index in [-0.39, 0.29) is 0 Å². The van der Waals surface area contributed by atoms with Crippen molar-refractivity contribution in [3.8, 4) is 5.69 Å². The zero-order valence-electron chi connectivity index (χ0n) is 11.5. The van der Waals surface area contributed by atoms with E-state index in [0.29, 0.717) is 12.0 Å². The first-order chi connectivity index (χ1) is 9.67. The quantitative estimate of drug-likeness (QED) is 0.938. The molecule has 1 fully saturated rings. The Kier molecular flexibility index (Phi) is 3.92.